The summed E-state index contributed by atoms with van der Waals surface area (Å²) in [5, 5.41) is 0.669. The van der Waals surface area contributed by atoms with E-state index in [1.165, 1.54) is 0 Å². The van der Waals surface area contributed by atoms with Gasteiger partial charge in [-0.05, 0) is 42.7 Å². The van der Waals surface area contributed by atoms with E-state index in [4.69, 9.17) is 28.9 Å². The number of anilines is 1. The van der Waals surface area contributed by atoms with Gasteiger partial charge in [0.15, 0.2) is 9.84 Å². The van der Waals surface area contributed by atoms with Gasteiger partial charge < -0.3 is 5.73 Å². The summed E-state index contributed by atoms with van der Waals surface area (Å²) in [6.07, 6.45) is 1.50. The highest BCUT2D eigenvalue weighted by atomic mass is 35.5. The molecule has 0 unspecified atom stereocenters. The van der Waals surface area contributed by atoms with Gasteiger partial charge in [0.1, 0.15) is 0 Å². The van der Waals surface area contributed by atoms with Gasteiger partial charge in [0.2, 0.25) is 0 Å². The van der Waals surface area contributed by atoms with Crippen LogP contribution in [0, 0.1) is 0 Å². The van der Waals surface area contributed by atoms with E-state index in [0.717, 1.165) is 18.4 Å². The maximum atomic E-state index is 12.2. The minimum absolute atomic E-state index is 0.216. The van der Waals surface area contributed by atoms with Crippen LogP contribution in [0.1, 0.15) is 12.8 Å². The van der Waals surface area contributed by atoms with E-state index in [1.807, 2.05) is 0 Å². The number of nitrogens with two attached hydrogens (primary N) is 1. The summed E-state index contributed by atoms with van der Waals surface area (Å²) in [5.74, 6) is 0. The zero-order valence-electron chi connectivity index (χ0n) is 11.0. The Bertz CT molecular complexity index is 774. The fourth-order valence-electron chi connectivity index (χ4n) is 2.25. The summed E-state index contributed by atoms with van der Waals surface area (Å²) in [7, 11) is -3.18. The van der Waals surface area contributed by atoms with Crippen LogP contribution in [0.3, 0.4) is 0 Å². The van der Waals surface area contributed by atoms with Crippen molar-refractivity contribution >= 4 is 38.7 Å². The van der Waals surface area contributed by atoms with Gasteiger partial charge in [0, 0.05) is 11.3 Å². The molecule has 0 radical (unpaired) electrons. The third-order valence-electron chi connectivity index (χ3n) is 3.50. The van der Waals surface area contributed by atoms with Crippen molar-refractivity contribution < 1.29 is 8.42 Å². The Morgan fingerprint density at radius 1 is 1.00 bits per heavy atom. The summed E-state index contributed by atoms with van der Waals surface area (Å²) >= 11 is 12.4. The molecule has 1 fully saturated rings. The number of rotatable bonds is 3. The van der Waals surface area contributed by atoms with E-state index >= 15 is 0 Å². The molecule has 110 valence electrons. The molecule has 21 heavy (non-hydrogen) atoms. The van der Waals surface area contributed by atoms with Gasteiger partial charge in [-0.1, -0.05) is 35.3 Å². The molecule has 3 nitrogen and oxygen atoms in total. The molecule has 1 aliphatic rings. The summed E-state index contributed by atoms with van der Waals surface area (Å²) < 4.78 is 24.3. The highest BCUT2D eigenvalue weighted by Gasteiger charge is 2.36. The summed E-state index contributed by atoms with van der Waals surface area (Å²) in [4.78, 5) is 0.344. The van der Waals surface area contributed by atoms with Gasteiger partial charge in [-0.3, -0.25) is 0 Å². The zero-order valence-corrected chi connectivity index (χ0v) is 13.3. The lowest BCUT2D eigenvalue weighted by Crippen LogP contribution is -2.06. The maximum absolute atomic E-state index is 12.2. The average molecular weight is 342 g/mol. The van der Waals surface area contributed by atoms with Crippen LogP contribution in [0.5, 0.6) is 0 Å². The first kappa shape index (κ1) is 14.7. The molecular weight excluding hydrogens is 329 g/mol. The first-order chi connectivity index (χ1) is 9.89. The van der Waals surface area contributed by atoms with E-state index in [1.54, 1.807) is 36.4 Å². The molecule has 0 atom stereocenters. The zero-order chi connectivity index (χ0) is 15.2. The van der Waals surface area contributed by atoms with Crippen LogP contribution in [-0.2, 0) is 9.84 Å². The Hall–Kier alpha value is -1.23. The van der Waals surface area contributed by atoms with E-state index < -0.39 is 9.84 Å². The molecule has 0 aromatic heterocycles. The van der Waals surface area contributed by atoms with Crippen LogP contribution in [0.25, 0.3) is 11.1 Å². The van der Waals surface area contributed by atoms with Gasteiger partial charge in [-0.25, -0.2) is 8.42 Å². The fraction of sp³-hybridized carbons (Fsp3) is 0.200. The molecule has 0 spiro atoms. The average Bonchev–Trinajstić information content (AvgIpc) is 3.22. The smallest absolute Gasteiger partial charge is 0.181 e. The lowest BCUT2D eigenvalue weighted by molar-refractivity contribution is 0.595. The first-order valence-electron chi connectivity index (χ1n) is 6.48. The molecule has 6 heteroatoms. The van der Waals surface area contributed by atoms with Crippen molar-refractivity contribution in [1.82, 2.24) is 0 Å². The lowest BCUT2D eigenvalue weighted by atomic mass is 10.1. The number of hydrogen-bond donors (Lipinski definition) is 1. The number of halogens is 2. The second-order valence-corrected chi connectivity index (χ2v) is 8.17. The molecule has 0 bridgehead atoms. The van der Waals surface area contributed by atoms with Crippen LogP contribution in [0.2, 0.25) is 10.0 Å². The quantitative estimate of drug-likeness (QED) is 0.852. The summed E-state index contributed by atoms with van der Waals surface area (Å²) in [6, 6.07) is 9.89. The third kappa shape index (κ3) is 2.76. The molecule has 2 aromatic rings. The van der Waals surface area contributed by atoms with E-state index in [9.17, 15) is 8.42 Å². The summed E-state index contributed by atoms with van der Waals surface area (Å²) in [5.41, 5.74) is 7.59. The molecule has 1 aliphatic carbocycles. The number of benzene rings is 2. The van der Waals surface area contributed by atoms with Crippen molar-refractivity contribution in [2.75, 3.05) is 5.73 Å². The van der Waals surface area contributed by atoms with Gasteiger partial charge in [-0.15, -0.1) is 0 Å². The third-order valence-corrected chi connectivity index (χ3v) is 6.37. The van der Waals surface area contributed by atoms with Crippen molar-refractivity contribution in [2.45, 2.75) is 23.0 Å². The topological polar surface area (TPSA) is 60.2 Å². The van der Waals surface area contributed by atoms with Crippen molar-refractivity contribution in [3.63, 3.8) is 0 Å². The SMILES string of the molecule is Nc1cc(Cl)c(-c2ccc(S(=O)(=O)C3CC3)cc2)c(Cl)c1. The Morgan fingerprint density at radius 3 is 2.00 bits per heavy atom. The predicted molar refractivity (Wildman–Crippen MR) is 86.5 cm³/mol. The molecule has 0 heterocycles. The minimum atomic E-state index is -3.18. The molecule has 0 saturated heterocycles. The highest BCUT2D eigenvalue weighted by Crippen LogP contribution is 2.38. The normalized spacial score (nSPS) is 15.1. The van der Waals surface area contributed by atoms with E-state index in [2.05, 4.69) is 0 Å². The highest BCUT2D eigenvalue weighted by molar-refractivity contribution is 7.92. The lowest BCUT2D eigenvalue weighted by Gasteiger charge is -2.10. The van der Waals surface area contributed by atoms with Crippen LogP contribution in [0.15, 0.2) is 41.3 Å². The van der Waals surface area contributed by atoms with Crippen molar-refractivity contribution in [3.8, 4) is 11.1 Å². The Labute approximate surface area is 133 Å². The molecule has 2 aromatic carbocycles. The van der Waals surface area contributed by atoms with Gasteiger partial charge in [0.25, 0.3) is 0 Å². The van der Waals surface area contributed by atoms with Crippen LogP contribution >= 0.6 is 23.2 Å². The standard InChI is InChI=1S/C15H13Cl2NO2S/c16-13-7-10(18)8-14(17)15(13)9-1-3-11(4-2-9)21(19,20)12-5-6-12/h1-4,7-8,12H,5-6,18H2. The van der Waals surface area contributed by atoms with E-state index in [0.29, 0.717) is 26.2 Å². The van der Waals surface area contributed by atoms with Crippen LogP contribution in [0.4, 0.5) is 5.69 Å². The molecule has 2 N–H and O–H groups in total. The molecule has 0 amide bonds. The Morgan fingerprint density at radius 2 is 1.52 bits per heavy atom. The fourth-order valence-corrected chi connectivity index (χ4v) is 4.63. The summed E-state index contributed by atoms with van der Waals surface area (Å²) in [6.45, 7) is 0. The van der Waals surface area contributed by atoms with Crippen molar-refractivity contribution in [2.24, 2.45) is 0 Å². The van der Waals surface area contributed by atoms with Gasteiger partial charge in [0.05, 0.1) is 20.2 Å². The second-order valence-electron chi connectivity index (χ2n) is 5.13. The number of nitrogen functional groups attached to an aromatic ring is 1. The molecular formula is C15H13Cl2NO2S. The van der Waals surface area contributed by atoms with Gasteiger partial charge >= 0.3 is 0 Å². The second kappa shape index (κ2) is 5.20. The molecule has 0 aliphatic heterocycles. The van der Waals surface area contributed by atoms with Crippen molar-refractivity contribution in [1.29, 1.82) is 0 Å². The van der Waals surface area contributed by atoms with Crippen molar-refractivity contribution in [3.05, 3.63) is 46.4 Å². The predicted octanol–water partition coefficient (Wildman–Crippen LogP) is 4.18. The van der Waals surface area contributed by atoms with Crippen LogP contribution < -0.4 is 5.73 Å². The van der Waals surface area contributed by atoms with E-state index in [-0.39, 0.29) is 5.25 Å². The largest absolute Gasteiger partial charge is 0.399 e. The molecule has 3 rings (SSSR count). The maximum Gasteiger partial charge on any atom is 0.181 e. The molecule has 1 saturated carbocycles. The minimum Gasteiger partial charge on any atom is -0.399 e. The Balaban J connectivity index is 2.02. The number of hydrogen-bond acceptors (Lipinski definition) is 3. The number of sulfone groups is 1. The van der Waals surface area contributed by atoms with Crippen LogP contribution in [-0.4, -0.2) is 13.7 Å². The van der Waals surface area contributed by atoms with Gasteiger partial charge in [-0.2, -0.15) is 0 Å². The first-order valence-corrected chi connectivity index (χ1v) is 8.78. The monoisotopic (exact) mass is 341 g/mol. The Kier molecular flexibility index (Phi) is 3.64.